The van der Waals surface area contributed by atoms with Crippen LogP contribution in [-0.4, -0.2) is 40.6 Å². The summed E-state index contributed by atoms with van der Waals surface area (Å²) in [7, 11) is 0. The number of imide groups is 2. The average Bonchev–Trinajstić information content (AvgIpc) is 2.67. The molecule has 1 aliphatic heterocycles. The van der Waals surface area contributed by atoms with Gasteiger partial charge in [-0.1, -0.05) is 6.07 Å². The molecule has 3 rings (SSSR count). The Morgan fingerprint density at radius 3 is 2.45 bits per heavy atom. The smallest absolute Gasteiger partial charge is 0.339 e. The van der Waals surface area contributed by atoms with E-state index in [-0.39, 0.29) is 40.5 Å². The molecule has 1 aliphatic rings. The van der Waals surface area contributed by atoms with E-state index in [0.29, 0.717) is 0 Å². The van der Waals surface area contributed by atoms with Gasteiger partial charge in [-0.25, -0.2) is 14.5 Å². The number of carboxylic acid groups (broad SMARTS) is 1. The van der Waals surface area contributed by atoms with Crippen LogP contribution in [0.1, 0.15) is 22.8 Å². The number of aromatic carboxylic acids is 1. The number of urea groups is 1. The van der Waals surface area contributed by atoms with Crippen molar-refractivity contribution >= 4 is 35.6 Å². The van der Waals surface area contributed by atoms with Gasteiger partial charge in [0.15, 0.2) is 0 Å². The summed E-state index contributed by atoms with van der Waals surface area (Å²) < 4.78 is 5.26. The largest absolute Gasteiger partial charge is 0.508 e. The highest BCUT2D eigenvalue weighted by molar-refractivity contribution is 6.39. The quantitative estimate of drug-likeness (QED) is 0.521. The van der Waals surface area contributed by atoms with Crippen molar-refractivity contribution in [3.05, 3.63) is 59.2 Å². The van der Waals surface area contributed by atoms with Crippen molar-refractivity contribution in [3.8, 4) is 11.5 Å². The van der Waals surface area contributed by atoms with E-state index in [2.05, 4.69) is 5.32 Å². The molecule has 9 heteroatoms. The molecule has 0 unspecified atom stereocenters. The third-order valence-corrected chi connectivity index (χ3v) is 4.05. The molecule has 3 N–H and O–H groups in total. The number of hydrogen-bond donors (Lipinski definition) is 3. The second kappa shape index (κ2) is 7.85. The standard InChI is InChI=1S/C20H16N2O7/c1-2-29-16-8-3-11(9-14(16)19(26)27)10-15-17(24)21-20(28)22(18(15)25)12-4-6-13(23)7-5-12/h3-10,23H,2H2,1H3,(H,26,27)(H,21,24,28)/b15-10+. The average molecular weight is 396 g/mol. The number of hydrogen-bond acceptors (Lipinski definition) is 6. The Morgan fingerprint density at radius 2 is 1.83 bits per heavy atom. The molecule has 148 valence electrons. The first-order valence-electron chi connectivity index (χ1n) is 8.52. The lowest BCUT2D eigenvalue weighted by Crippen LogP contribution is -2.54. The molecule has 0 spiro atoms. The van der Waals surface area contributed by atoms with Crippen molar-refractivity contribution in [3.63, 3.8) is 0 Å². The molecule has 0 bridgehead atoms. The Balaban J connectivity index is 2.01. The number of barbiturate groups is 1. The Hall–Kier alpha value is -4.14. The molecule has 9 nitrogen and oxygen atoms in total. The fourth-order valence-electron chi connectivity index (χ4n) is 2.75. The van der Waals surface area contributed by atoms with Crippen molar-refractivity contribution < 1.29 is 34.1 Å². The summed E-state index contributed by atoms with van der Waals surface area (Å²) in [5.41, 5.74) is -0.0551. The number of aromatic hydroxyl groups is 1. The van der Waals surface area contributed by atoms with E-state index in [1.54, 1.807) is 6.92 Å². The van der Waals surface area contributed by atoms with Crippen LogP contribution in [0.25, 0.3) is 6.08 Å². The summed E-state index contributed by atoms with van der Waals surface area (Å²) >= 11 is 0. The number of phenolic OH excluding ortho intramolecular Hbond substituents is 1. The zero-order valence-electron chi connectivity index (χ0n) is 15.2. The van der Waals surface area contributed by atoms with Gasteiger partial charge in [0.2, 0.25) is 0 Å². The Kier molecular flexibility index (Phi) is 5.31. The predicted molar refractivity (Wildman–Crippen MR) is 102 cm³/mol. The maximum absolute atomic E-state index is 12.8. The number of carbonyl (C=O) groups is 4. The SMILES string of the molecule is CCOc1ccc(/C=C2\C(=O)NC(=O)N(c3ccc(O)cc3)C2=O)cc1C(=O)O. The molecular weight excluding hydrogens is 380 g/mol. The van der Waals surface area contributed by atoms with E-state index in [4.69, 9.17) is 4.74 Å². The highest BCUT2D eigenvalue weighted by atomic mass is 16.5. The second-order valence-corrected chi connectivity index (χ2v) is 5.97. The van der Waals surface area contributed by atoms with Crippen LogP contribution in [0.15, 0.2) is 48.0 Å². The van der Waals surface area contributed by atoms with E-state index >= 15 is 0 Å². The summed E-state index contributed by atoms with van der Waals surface area (Å²) in [5.74, 6) is -2.91. The van der Waals surface area contributed by atoms with Gasteiger partial charge in [0.25, 0.3) is 11.8 Å². The highest BCUT2D eigenvalue weighted by Crippen LogP contribution is 2.25. The Labute approximate surface area is 164 Å². The van der Waals surface area contributed by atoms with Crippen LogP contribution in [0.3, 0.4) is 0 Å². The number of amides is 4. The number of anilines is 1. The summed E-state index contributed by atoms with van der Waals surface area (Å²) in [5, 5.41) is 20.8. The van der Waals surface area contributed by atoms with Gasteiger partial charge in [-0.3, -0.25) is 14.9 Å². The van der Waals surface area contributed by atoms with Gasteiger partial charge in [0, 0.05) is 0 Å². The monoisotopic (exact) mass is 396 g/mol. The van der Waals surface area contributed by atoms with E-state index in [1.807, 2.05) is 0 Å². The lowest BCUT2D eigenvalue weighted by atomic mass is 10.0. The van der Waals surface area contributed by atoms with E-state index < -0.39 is 23.8 Å². The normalized spacial score (nSPS) is 15.4. The number of nitrogens with one attached hydrogen (secondary N) is 1. The van der Waals surface area contributed by atoms with Crippen LogP contribution in [0.4, 0.5) is 10.5 Å². The number of ether oxygens (including phenoxy) is 1. The Bertz CT molecular complexity index is 1040. The molecule has 0 atom stereocenters. The Morgan fingerprint density at radius 1 is 1.14 bits per heavy atom. The first-order valence-corrected chi connectivity index (χ1v) is 8.52. The van der Waals surface area contributed by atoms with Gasteiger partial charge in [-0.05, 0) is 55.0 Å². The molecule has 29 heavy (non-hydrogen) atoms. The van der Waals surface area contributed by atoms with E-state index in [9.17, 15) is 29.4 Å². The van der Waals surface area contributed by atoms with E-state index in [1.165, 1.54) is 48.5 Å². The van der Waals surface area contributed by atoms with Crippen LogP contribution >= 0.6 is 0 Å². The molecule has 2 aromatic rings. The number of carbonyl (C=O) groups excluding carboxylic acids is 3. The number of carboxylic acids is 1. The fraction of sp³-hybridized carbons (Fsp3) is 0.100. The molecule has 1 saturated heterocycles. The predicted octanol–water partition coefficient (Wildman–Crippen LogP) is 2.16. The maximum atomic E-state index is 12.8. The van der Waals surface area contributed by atoms with Crippen LogP contribution in [-0.2, 0) is 9.59 Å². The third kappa shape index (κ3) is 3.93. The van der Waals surface area contributed by atoms with Crippen LogP contribution in [0, 0.1) is 0 Å². The molecule has 0 radical (unpaired) electrons. The number of nitrogens with zero attached hydrogens (tertiary/aromatic N) is 1. The summed E-state index contributed by atoms with van der Waals surface area (Å²) in [6, 6.07) is 8.53. The maximum Gasteiger partial charge on any atom is 0.339 e. The first-order chi connectivity index (χ1) is 13.8. The molecule has 0 saturated carbocycles. The van der Waals surface area contributed by atoms with Gasteiger partial charge in [-0.15, -0.1) is 0 Å². The lowest BCUT2D eigenvalue weighted by molar-refractivity contribution is -0.122. The van der Waals surface area contributed by atoms with Crippen molar-refractivity contribution in [1.82, 2.24) is 5.32 Å². The van der Waals surface area contributed by atoms with Crippen molar-refractivity contribution in [2.45, 2.75) is 6.92 Å². The summed E-state index contributed by atoms with van der Waals surface area (Å²) in [4.78, 5) is 49.4. The van der Waals surface area contributed by atoms with E-state index in [0.717, 1.165) is 4.90 Å². The van der Waals surface area contributed by atoms with Crippen LogP contribution in [0.2, 0.25) is 0 Å². The van der Waals surface area contributed by atoms with Crippen LogP contribution < -0.4 is 15.0 Å². The molecule has 1 fully saturated rings. The van der Waals surface area contributed by atoms with Gasteiger partial charge in [-0.2, -0.15) is 0 Å². The minimum Gasteiger partial charge on any atom is -0.508 e. The van der Waals surface area contributed by atoms with Crippen molar-refractivity contribution in [2.24, 2.45) is 0 Å². The van der Waals surface area contributed by atoms with Crippen LogP contribution in [0.5, 0.6) is 11.5 Å². The summed E-state index contributed by atoms with van der Waals surface area (Å²) in [6.45, 7) is 1.98. The first kappa shape index (κ1) is 19.6. The summed E-state index contributed by atoms with van der Waals surface area (Å²) in [6.07, 6.45) is 1.19. The van der Waals surface area contributed by atoms with Gasteiger partial charge in [0.1, 0.15) is 22.6 Å². The molecule has 1 heterocycles. The minimum atomic E-state index is -1.23. The molecule has 4 amide bonds. The van der Waals surface area contributed by atoms with Gasteiger partial charge >= 0.3 is 12.0 Å². The fourth-order valence-corrected chi connectivity index (χ4v) is 2.75. The number of benzene rings is 2. The lowest BCUT2D eigenvalue weighted by Gasteiger charge is -2.26. The number of rotatable bonds is 5. The molecule has 0 aliphatic carbocycles. The minimum absolute atomic E-state index is 0.0546. The van der Waals surface area contributed by atoms with Gasteiger partial charge < -0.3 is 14.9 Å². The topological polar surface area (TPSA) is 133 Å². The second-order valence-electron chi connectivity index (χ2n) is 5.97. The zero-order valence-corrected chi connectivity index (χ0v) is 15.2. The molecular formula is C20H16N2O7. The number of phenols is 1. The third-order valence-electron chi connectivity index (χ3n) is 4.05. The molecule has 0 aromatic heterocycles. The van der Waals surface area contributed by atoms with Gasteiger partial charge in [0.05, 0.1) is 12.3 Å². The highest BCUT2D eigenvalue weighted by Gasteiger charge is 2.36. The zero-order chi connectivity index (χ0) is 21.1. The van der Waals surface area contributed by atoms with Crippen molar-refractivity contribution in [1.29, 1.82) is 0 Å². The molecule has 2 aromatic carbocycles. The van der Waals surface area contributed by atoms with Crippen molar-refractivity contribution in [2.75, 3.05) is 11.5 Å².